The zero-order valence-electron chi connectivity index (χ0n) is 20.4. The number of rotatable bonds is 6. The molecule has 3 atom stereocenters. The summed E-state index contributed by atoms with van der Waals surface area (Å²) in [6.45, 7) is 4.19. The van der Waals surface area contributed by atoms with E-state index in [0.717, 1.165) is 5.56 Å². The van der Waals surface area contributed by atoms with Gasteiger partial charge in [0.2, 0.25) is 0 Å². The van der Waals surface area contributed by atoms with Gasteiger partial charge in [-0.2, -0.15) is 0 Å². The number of pyridine rings is 1. The molecule has 3 heterocycles. The molecule has 4 rings (SSSR count). The van der Waals surface area contributed by atoms with Crippen molar-refractivity contribution < 1.29 is 13.2 Å². The summed E-state index contributed by atoms with van der Waals surface area (Å²) in [6, 6.07) is 7.99. The summed E-state index contributed by atoms with van der Waals surface area (Å²) >= 11 is 0. The number of nitrogens with zero attached hydrogens (tertiary/aromatic N) is 3. The van der Waals surface area contributed by atoms with Gasteiger partial charge in [0.25, 0.3) is 5.56 Å². The number of nitrogens with one attached hydrogen (secondary N) is 1. The van der Waals surface area contributed by atoms with E-state index >= 15 is 0 Å². The highest BCUT2D eigenvalue weighted by Crippen LogP contribution is 2.38. The largest absolute Gasteiger partial charge is 0.373 e. The molecule has 2 unspecified atom stereocenters. The highest BCUT2D eigenvalue weighted by Gasteiger charge is 2.41. The Labute approximate surface area is 210 Å². The lowest BCUT2D eigenvalue weighted by Crippen LogP contribution is -2.43. The Balaban J connectivity index is 1.81. The Morgan fingerprint density at radius 3 is 2.46 bits per heavy atom. The van der Waals surface area contributed by atoms with E-state index in [-0.39, 0.29) is 41.3 Å². The average molecular weight is 535 g/mol. The number of fused-ring (bicyclic) bond motifs is 1. The van der Waals surface area contributed by atoms with Gasteiger partial charge in [-0.15, -0.1) is 18.5 Å². The van der Waals surface area contributed by atoms with Crippen LogP contribution in [0.25, 0.3) is 11.0 Å². The first kappa shape index (κ1) is 26.2. The summed E-state index contributed by atoms with van der Waals surface area (Å²) < 4.78 is 31.5. The first-order valence-electron chi connectivity index (χ1n) is 11.5. The van der Waals surface area contributed by atoms with Gasteiger partial charge >= 0.3 is 0 Å². The van der Waals surface area contributed by atoms with Crippen LogP contribution in [0.15, 0.2) is 35.4 Å². The molecule has 1 aromatic carbocycles. The molecule has 11 heteroatoms. The van der Waals surface area contributed by atoms with Crippen LogP contribution < -0.4 is 10.9 Å². The molecule has 2 aromatic heterocycles. The van der Waals surface area contributed by atoms with Gasteiger partial charge in [0.15, 0.2) is 9.84 Å². The molecule has 0 aliphatic carbocycles. The van der Waals surface area contributed by atoms with Crippen molar-refractivity contribution >= 4 is 45.2 Å². The van der Waals surface area contributed by atoms with Gasteiger partial charge in [0.1, 0.15) is 23.4 Å². The van der Waals surface area contributed by atoms with Crippen LogP contribution in [-0.2, 0) is 27.2 Å². The number of anilines is 1. The van der Waals surface area contributed by atoms with Crippen LogP contribution in [0.1, 0.15) is 53.5 Å². The van der Waals surface area contributed by atoms with E-state index in [4.69, 9.17) is 4.74 Å². The van der Waals surface area contributed by atoms with Gasteiger partial charge < -0.3 is 10.1 Å². The predicted octanol–water partition coefficient (Wildman–Crippen LogP) is 3.61. The van der Waals surface area contributed by atoms with Crippen LogP contribution in [0.2, 0.25) is 0 Å². The molecule has 0 spiro atoms. The molecule has 1 saturated heterocycles. The highest BCUT2D eigenvalue weighted by molar-refractivity contribution is 7.91. The van der Waals surface area contributed by atoms with Crippen LogP contribution >= 0.6 is 18.5 Å². The third-order valence-corrected chi connectivity index (χ3v) is 9.49. The maximum absolute atomic E-state index is 13.4. The van der Waals surface area contributed by atoms with Gasteiger partial charge in [-0.1, -0.05) is 18.2 Å². The van der Waals surface area contributed by atoms with Crippen LogP contribution in [0, 0.1) is 6.92 Å². The molecule has 1 aliphatic rings. The Kier molecular flexibility index (Phi) is 7.36. The predicted molar refractivity (Wildman–Crippen MR) is 147 cm³/mol. The Bertz CT molecular complexity index is 1430. The van der Waals surface area contributed by atoms with Crippen LogP contribution in [0.5, 0.6) is 0 Å². The molecule has 188 valence electrons. The second-order valence-electron chi connectivity index (χ2n) is 9.19. The van der Waals surface area contributed by atoms with E-state index in [1.807, 2.05) is 0 Å². The van der Waals surface area contributed by atoms with Gasteiger partial charge in [0, 0.05) is 19.6 Å². The first-order valence-corrected chi connectivity index (χ1v) is 14.6. The van der Waals surface area contributed by atoms with Crippen molar-refractivity contribution in [2.24, 2.45) is 7.05 Å². The van der Waals surface area contributed by atoms with Crippen molar-refractivity contribution in [3.63, 3.8) is 0 Å². The van der Waals surface area contributed by atoms with E-state index in [2.05, 4.69) is 65.8 Å². The van der Waals surface area contributed by atoms with Crippen molar-refractivity contribution in [2.75, 3.05) is 23.9 Å². The fraction of sp³-hybridized carbons (Fsp3) is 0.458. The third-order valence-electron chi connectivity index (χ3n) is 7.12. The van der Waals surface area contributed by atoms with Crippen molar-refractivity contribution in [1.82, 2.24) is 14.5 Å². The summed E-state index contributed by atoms with van der Waals surface area (Å²) in [5, 5.41) is 4.45. The number of aryl methyl sites for hydroxylation is 1. The SMILES string of the molecule is COC1(c2cc3c(N[C@H](C)c4cccc(C(P)P)c4C)ncnc3n(C)c2=O)CCS(=O)(=O)CC1. The van der Waals surface area contributed by atoms with Gasteiger partial charge in [-0.3, -0.25) is 9.36 Å². The molecule has 1 aliphatic heterocycles. The molecule has 3 aromatic rings. The molecular formula is C24H32N4O4P2S. The number of benzene rings is 1. The lowest BCUT2D eigenvalue weighted by atomic mass is 9.88. The minimum Gasteiger partial charge on any atom is -0.373 e. The summed E-state index contributed by atoms with van der Waals surface area (Å²) in [7, 11) is 5.69. The van der Waals surface area contributed by atoms with Crippen LogP contribution in [0.3, 0.4) is 0 Å². The Hall–Kier alpha value is -1.92. The van der Waals surface area contributed by atoms with E-state index in [9.17, 15) is 13.2 Å². The van der Waals surface area contributed by atoms with Gasteiger partial charge in [-0.05, 0) is 49.4 Å². The smallest absolute Gasteiger partial charge is 0.258 e. The maximum atomic E-state index is 13.4. The summed E-state index contributed by atoms with van der Waals surface area (Å²) in [5.41, 5.74) is 3.31. The molecule has 0 bridgehead atoms. The number of methoxy groups -OCH3 is 1. The molecule has 8 nitrogen and oxygen atoms in total. The molecule has 0 amide bonds. The third kappa shape index (κ3) is 4.89. The number of hydrogen-bond donors (Lipinski definition) is 1. The maximum Gasteiger partial charge on any atom is 0.258 e. The van der Waals surface area contributed by atoms with E-state index in [1.165, 1.54) is 29.1 Å². The second-order valence-corrected chi connectivity index (χ2v) is 13.7. The number of sulfone groups is 1. The Morgan fingerprint density at radius 1 is 1.17 bits per heavy atom. The summed E-state index contributed by atoms with van der Waals surface area (Å²) in [6.07, 6.45) is 1.91. The molecular weight excluding hydrogens is 502 g/mol. The second kappa shape index (κ2) is 9.85. The molecule has 0 radical (unpaired) electrons. The fourth-order valence-electron chi connectivity index (χ4n) is 4.95. The van der Waals surface area contributed by atoms with Crippen molar-refractivity contribution in [1.29, 1.82) is 0 Å². The molecule has 1 N–H and O–H groups in total. The van der Waals surface area contributed by atoms with Gasteiger partial charge in [0.05, 0.1) is 28.5 Å². The van der Waals surface area contributed by atoms with Crippen molar-refractivity contribution in [3.8, 4) is 0 Å². The first-order chi connectivity index (χ1) is 16.5. The van der Waals surface area contributed by atoms with Crippen LogP contribution in [0.4, 0.5) is 5.82 Å². The number of ether oxygens (including phenoxy) is 1. The lowest BCUT2D eigenvalue weighted by molar-refractivity contribution is -0.0244. The molecule has 0 saturated carbocycles. The summed E-state index contributed by atoms with van der Waals surface area (Å²) in [5.74, 6) is 0.571. The minimum atomic E-state index is -3.13. The topological polar surface area (TPSA) is 103 Å². The summed E-state index contributed by atoms with van der Waals surface area (Å²) in [4.78, 5) is 22.2. The minimum absolute atomic E-state index is 0.0164. The standard InChI is InChI=1S/C24H32N4O4P2S/c1-14-16(6-5-7-17(14)23(33)34)15(2)27-20-18-12-19(22(29)28(3)21(18)26-13-25-20)24(32-4)8-10-35(30,31)11-9-24/h5-7,12-13,15,23H,8-11,33-34H2,1-4H3,(H,25,26,27)/t15-/m1/s1. The zero-order valence-corrected chi connectivity index (χ0v) is 23.5. The normalized spacial score (nSPS) is 18.0. The monoisotopic (exact) mass is 534 g/mol. The van der Waals surface area contributed by atoms with Crippen molar-refractivity contribution in [2.45, 2.75) is 43.7 Å². The molecule has 1 fully saturated rings. The van der Waals surface area contributed by atoms with Crippen LogP contribution in [-0.4, -0.2) is 41.6 Å². The molecule has 35 heavy (non-hydrogen) atoms. The highest BCUT2D eigenvalue weighted by atomic mass is 32.2. The van der Waals surface area contributed by atoms with E-state index in [1.54, 1.807) is 13.1 Å². The Morgan fingerprint density at radius 2 is 1.83 bits per heavy atom. The average Bonchev–Trinajstić information content (AvgIpc) is 2.82. The quantitative estimate of drug-likeness (QED) is 0.482. The van der Waals surface area contributed by atoms with E-state index in [0.29, 0.717) is 22.4 Å². The van der Waals surface area contributed by atoms with Gasteiger partial charge in [-0.25, -0.2) is 18.4 Å². The number of aromatic nitrogens is 3. The lowest BCUT2D eigenvalue weighted by Gasteiger charge is -2.36. The zero-order chi connectivity index (χ0) is 25.5. The van der Waals surface area contributed by atoms with Crippen molar-refractivity contribution in [3.05, 3.63) is 63.2 Å². The fourth-order valence-corrected chi connectivity index (χ4v) is 7.16. The number of hydrogen-bond acceptors (Lipinski definition) is 7. The van der Waals surface area contributed by atoms with E-state index < -0.39 is 15.4 Å².